The molecule has 0 bridgehead atoms. The Bertz CT molecular complexity index is 674. The van der Waals surface area contributed by atoms with Gasteiger partial charge in [-0.25, -0.2) is 13.4 Å². The molecule has 2 rings (SSSR count). The number of nitrogens with zero attached hydrogens (tertiary/aromatic N) is 1. The van der Waals surface area contributed by atoms with E-state index in [4.69, 9.17) is 0 Å². The molecule has 0 aliphatic rings. The van der Waals surface area contributed by atoms with Crippen LogP contribution in [0.3, 0.4) is 0 Å². The molecule has 0 atom stereocenters. The molecule has 0 saturated heterocycles. The maximum Gasteiger partial charge on any atom is 0.232 e. The topological polar surface area (TPSA) is 74.8 Å². The van der Waals surface area contributed by atoms with Crippen molar-refractivity contribution >= 4 is 26.7 Å². The van der Waals surface area contributed by atoms with E-state index in [0.29, 0.717) is 18.0 Å². The Balaban J connectivity index is 2.31. The summed E-state index contributed by atoms with van der Waals surface area (Å²) in [5.41, 5.74) is 2.27. The standard InChI is InChI=1S/C13H19N3O2S/c1-4-7-19(17,18)16-10-5-6-11-12(8-10)15-13(14-11)9(2)3/h5-6,8-9,16H,4,7H2,1-3H3,(H,14,15). The molecule has 0 aliphatic carbocycles. The van der Waals surface area contributed by atoms with Gasteiger partial charge in [-0.05, 0) is 24.6 Å². The second-order valence-electron chi connectivity index (χ2n) is 4.93. The number of imidazole rings is 1. The predicted molar refractivity (Wildman–Crippen MR) is 77.9 cm³/mol. The third-order valence-corrected chi connectivity index (χ3v) is 4.29. The van der Waals surface area contributed by atoms with Gasteiger partial charge in [0.1, 0.15) is 5.82 Å². The lowest BCUT2D eigenvalue weighted by atomic mass is 10.2. The van der Waals surface area contributed by atoms with Crippen LogP contribution in [0.1, 0.15) is 38.9 Å². The van der Waals surface area contributed by atoms with Gasteiger partial charge in [0.05, 0.1) is 22.5 Å². The lowest BCUT2D eigenvalue weighted by Gasteiger charge is -2.06. The van der Waals surface area contributed by atoms with E-state index in [2.05, 4.69) is 28.5 Å². The molecule has 6 heteroatoms. The van der Waals surface area contributed by atoms with Crippen molar-refractivity contribution < 1.29 is 8.42 Å². The van der Waals surface area contributed by atoms with Crippen LogP contribution in [0.2, 0.25) is 0 Å². The third kappa shape index (κ3) is 3.26. The molecule has 1 aromatic heterocycles. The lowest BCUT2D eigenvalue weighted by Crippen LogP contribution is -2.15. The van der Waals surface area contributed by atoms with Gasteiger partial charge in [-0.1, -0.05) is 20.8 Å². The Labute approximate surface area is 113 Å². The molecule has 0 saturated carbocycles. The molecule has 5 nitrogen and oxygen atoms in total. The molecule has 0 aliphatic heterocycles. The van der Waals surface area contributed by atoms with Gasteiger partial charge in [0.2, 0.25) is 10.0 Å². The zero-order chi connectivity index (χ0) is 14.0. The molecule has 1 aromatic carbocycles. The first kappa shape index (κ1) is 13.9. The van der Waals surface area contributed by atoms with Crippen molar-refractivity contribution in [1.82, 2.24) is 9.97 Å². The Morgan fingerprint density at radius 2 is 2.11 bits per heavy atom. The van der Waals surface area contributed by atoms with Crippen molar-refractivity contribution in [3.63, 3.8) is 0 Å². The summed E-state index contributed by atoms with van der Waals surface area (Å²) < 4.78 is 26.0. The highest BCUT2D eigenvalue weighted by Crippen LogP contribution is 2.21. The van der Waals surface area contributed by atoms with Gasteiger partial charge >= 0.3 is 0 Å². The molecule has 0 unspecified atom stereocenters. The van der Waals surface area contributed by atoms with Gasteiger partial charge in [0, 0.05) is 5.92 Å². The zero-order valence-corrected chi connectivity index (χ0v) is 12.2. The molecule has 104 valence electrons. The Hall–Kier alpha value is -1.56. The fraction of sp³-hybridized carbons (Fsp3) is 0.462. The predicted octanol–water partition coefficient (Wildman–Crippen LogP) is 2.84. The minimum atomic E-state index is -3.25. The summed E-state index contributed by atoms with van der Waals surface area (Å²) in [6.07, 6.45) is 0.596. The number of fused-ring (bicyclic) bond motifs is 1. The number of hydrogen-bond donors (Lipinski definition) is 2. The van der Waals surface area contributed by atoms with Gasteiger partial charge in [-0.3, -0.25) is 4.72 Å². The second kappa shape index (κ2) is 5.21. The quantitative estimate of drug-likeness (QED) is 0.885. The maximum absolute atomic E-state index is 11.7. The van der Waals surface area contributed by atoms with Gasteiger partial charge in [-0.2, -0.15) is 0 Å². The van der Waals surface area contributed by atoms with Crippen LogP contribution in [0.15, 0.2) is 18.2 Å². The second-order valence-corrected chi connectivity index (χ2v) is 6.77. The normalized spacial score (nSPS) is 12.2. The number of sulfonamides is 1. The number of benzene rings is 1. The third-order valence-electron chi connectivity index (χ3n) is 2.79. The summed E-state index contributed by atoms with van der Waals surface area (Å²) in [4.78, 5) is 7.66. The molecular weight excluding hydrogens is 262 g/mol. The fourth-order valence-electron chi connectivity index (χ4n) is 1.87. The zero-order valence-electron chi connectivity index (χ0n) is 11.4. The summed E-state index contributed by atoms with van der Waals surface area (Å²) in [5, 5.41) is 0. The smallest absolute Gasteiger partial charge is 0.232 e. The molecule has 2 aromatic rings. The first-order valence-electron chi connectivity index (χ1n) is 6.41. The average Bonchev–Trinajstić information content (AvgIpc) is 2.71. The van der Waals surface area contributed by atoms with E-state index in [9.17, 15) is 8.42 Å². The fourth-order valence-corrected chi connectivity index (χ4v) is 2.99. The van der Waals surface area contributed by atoms with E-state index in [-0.39, 0.29) is 5.75 Å². The monoisotopic (exact) mass is 281 g/mol. The van der Waals surface area contributed by atoms with Gasteiger partial charge in [0.25, 0.3) is 0 Å². The summed E-state index contributed by atoms with van der Waals surface area (Å²) >= 11 is 0. The number of rotatable bonds is 5. The number of anilines is 1. The number of aromatic amines is 1. The molecule has 2 N–H and O–H groups in total. The molecule has 19 heavy (non-hydrogen) atoms. The van der Waals surface area contributed by atoms with E-state index < -0.39 is 10.0 Å². The van der Waals surface area contributed by atoms with E-state index in [0.717, 1.165) is 16.9 Å². The van der Waals surface area contributed by atoms with Crippen molar-refractivity contribution in [2.45, 2.75) is 33.1 Å². The SMILES string of the molecule is CCCS(=O)(=O)Nc1ccc2nc(C(C)C)[nH]c2c1. The highest BCUT2D eigenvalue weighted by molar-refractivity contribution is 7.92. The average molecular weight is 281 g/mol. The first-order valence-corrected chi connectivity index (χ1v) is 8.06. The van der Waals surface area contributed by atoms with Crippen molar-refractivity contribution in [3.05, 3.63) is 24.0 Å². The van der Waals surface area contributed by atoms with Gasteiger partial charge in [-0.15, -0.1) is 0 Å². The highest BCUT2D eigenvalue weighted by atomic mass is 32.2. The summed E-state index contributed by atoms with van der Waals surface area (Å²) in [5.74, 6) is 1.35. The van der Waals surface area contributed by atoms with Crippen molar-refractivity contribution in [2.24, 2.45) is 0 Å². The number of hydrogen-bond acceptors (Lipinski definition) is 3. The molecule has 0 fully saturated rings. The van der Waals surface area contributed by atoms with E-state index in [1.54, 1.807) is 12.1 Å². The van der Waals surface area contributed by atoms with Crippen LogP contribution in [-0.2, 0) is 10.0 Å². The minimum absolute atomic E-state index is 0.130. The summed E-state index contributed by atoms with van der Waals surface area (Å²) in [7, 11) is -3.25. The summed E-state index contributed by atoms with van der Waals surface area (Å²) in [6.45, 7) is 5.96. The van der Waals surface area contributed by atoms with Crippen LogP contribution in [0, 0.1) is 0 Å². The molecular formula is C13H19N3O2S. The van der Waals surface area contributed by atoms with Crippen LogP contribution in [0.5, 0.6) is 0 Å². The van der Waals surface area contributed by atoms with Gasteiger partial charge < -0.3 is 4.98 Å². The van der Waals surface area contributed by atoms with E-state index >= 15 is 0 Å². The number of nitrogens with one attached hydrogen (secondary N) is 2. The Morgan fingerprint density at radius 1 is 1.37 bits per heavy atom. The van der Waals surface area contributed by atoms with Gasteiger partial charge in [0.15, 0.2) is 0 Å². The Morgan fingerprint density at radius 3 is 2.74 bits per heavy atom. The van der Waals surface area contributed by atoms with Crippen LogP contribution in [-0.4, -0.2) is 24.1 Å². The van der Waals surface area contributed by atoms with E-state index in [1.807, 2.05) is 13.0 Å². The number of aromatic nitrogens is 2. The molecule has 0 amide bonds. The molecule has 0 spiro atoms. The van der Waals surface area contributed by atoms with Crippen LogP contribution < -0.4 is 4.72 Å². The van der Waals surface area contributed by atoms with E-state index in [1.165, 1.54) is 0 Å². The van der Waals surface area contributed by atoms with Crippen LogP contribution in [0.4, 0.5) is 5.69 Å². The summed E-state index contributed by atoms with van der Waals surface area (Å²) in [6, 6.07) is 5.34. The number of H-pyrrole nitrogens is 1. The lowest BCUT2D eigenvalue weighted by molar-refractivity contribution is 0.600. The van der Waals surface area contributed by atoms with Crippen LogP contribution >= 0.6 is 0 Å². The first-order chi connectivity index (χ1) is 8.91. The Kier molecular flexibility index (Phi) is 3.80. The largest absolute Gasteiger partial charge is 0.342 e. The van der Waals surface area contributed by atoms with Crippen LogP contribution in [0.25, 0.3) is 11.0 Å². The minimum Gasteiger partial charge on any atom is -0.342 e. The molecule has 1 heterocycles. The maximum atomic E-state index is 11.7. The van der Waals surface area contributed by atoms with Crippen molar-refractivity contribution in [2.75, 3.05) is 10.5 Å². The highest BCUT2D eigenvalue weighted by Gasteiger charge is 2.11. The van der Waals surface area contributed by atoms with Crippen molar-refractivity contribution in [1.29, 1.82) is 0 Å². The molecule has 0 radical (unpaired) electrons. The van der Waals surface area contributed by atoms with Crippen molar-refractivity contribution in [3.8, 4) is 0 Å².